The first-order chi connectivity index (χ1) is 13.0. The van der Waals surface area contributed by atoms with Gasteiger partial charge in [0, 0.05) is 9.79 Å². The molecule has 0 heterocycles. The van der Waals surface area contributed by atoms with E-state index in [2.05, 4.69) is 5.32 Å². The van der Waals surface area contributed by atoms with Crippen molar-refractivity contribution in [3.63, 3.8) is 0 Å². The van der Waals surface area contributed by atoms with Crippen molar-refractivity contribution in [1.82, 2.24) is 0 Å². The van der Waals surface area contributed by atoms with Crippen LogP contribution in [0.4, 0.5) is 14.5 Å². The number of amides is 1. The Bertz CT molecular complexity index is 856. The van der Waals surface area contributed by atoms with Gasteiger partial charge in [0.25, 0.3) is 11.7 Å². The van der Waals surface area contributed by atoms with Crippen molar-refractivity contribution in [2.24, 2.45) is 0 Å². The van der Waals surface area contributed by atoms with Gasteiger partial charge in [-0.05, 0) is 24.3 Å². The van der Waals surface area contributed by atoms with E-state index in [1.165, 1.54) is 36.0 Å². The van der Waals surface area contributed by atoms with Crippen LogP contribution in [0.2, 0.25) is 0 Å². The Hall–Kier alpha value is -2.57. The Balaban J connectivity index is 1.97. The van der Waals surface area contributed by atoms with E-state index in [1.807, 2.05) is 6.07 Å². The summed E-state index contributed by atoms with van der Waals surface area (Å²) in [6, 6.07) is 14.7. The zero-order chi connectivity index (χ0) is 19.6. The molecule has 0 saturated carbocycles. The molecule has 140 valence electrons. The summed E-state index contributed by atoms with van der Waals surface area (Å²) in [4.78, 5) is 24.9. The SMILES string of the molecule is N#CCSc1ccccc1NC(=O)COC(=O)c1ccccc1SC(F)F. The smallest absolute Gasteiger partial charge is 0.339 e. The van der Waals surface area contributed by atoms with Crippen LogP contribution in [0.25, 0.3) is 0 Å². The summed E-state index contributed by atoms with van der Waals surface area (Å²) < 4.78 is 30.1. The van der Waals surface area contributed by atoms with Crippen LogP contribution in [0, 0.1) is 11.3 Å². The second-order valence-corrected chi connectivity index (χ2v) is 6.99. The van der Waals surface area contributed by atoms with E-state index >= 15 is 0 Å². The van der Waals surface area contributed by atoms with Crippen molar-refractivity contribution in [2.45, 2.75) is 15.5 Å². The number of alkyl halides is 2. The molecule has 5 nitrogen and oxygen atoms in total. The van der Waals surface area contributed by atoms with Crippen molar-refractivity contribution in [3.05, 3.63) is 54.1 Å². The van der Waals surface area contributed by atoms with Gasteiger partial charge in [0.15, 0.2) is 6.61 Å². The molecule has 0 aliphatic rings. The van der Waals surface area contributed by atoms with Crippen molar-refractivity contribution in [3.8, 4) is 6.07 Å². The van der Waals surface area contributed by atoms with Crippen LogP contribution in [0.5, 0.6) is 0 Å². The molecule has 0 aliphatic heterocycles. The quantitative estimate of drug-likeness (QED) is 0.515. The zero-order valence-electron chi connectivity index (χ0n) is 13.9. The molecule has 2 aromatic carbocycles. The monoisotopic (exact) mass is 408 g/mol. The second kappa shape index (κ2) is 10.5. The number of hydrogen-bond acceptors (Lipinski definition) is 6. The molecule has 0 saturated heterocycles. The first kappa shape index (κ1) is 20.7. The minimum absolute atomic E-state index is 0.0272. The summed E-state index contributed by atoms with van der Waals surface area (Å²) in [6.07, 6.45) is 0. The van der Waals surface area contributed by atoms with Crippen LogP contribution in [0.1, 0.15) is 10.4 Å². The molecule has 2 aromatic rings. The summed E-state index contributed by atoms with van der Waals surface area (Å²) in [5.74, 6) is -3.89. The first-order valence-corrected chi connectivity index (χ1v) is 9.47. The number of halogens is 2. The Labute approximate surface area is 163 Å². The van der Waals surface area contributed by atoms with Gasteiger partial charge < -0.3 is 10.1 Å². The molecule has 0 aliphatic carbocycles. The number of hydrogen-bond donors (Lipinski definition) is 1. The molecule has 27 heavy (non-hydrogen) atoms. The standard InChI is InChI=1S/C18H14F2N2O3S2/c19-18(20)27-14-7-3-1-5-12(14)17(24)25-11-16(23)22-13-6-2-4-8-15(13)26-10-9-21/h1-8,18H,10-11H2,(H,22,23). The number of nitriles is 1. The predicted molar refractivity (Wildman–Crippen MR) is 100.0 cm³/mol. The molecular formula is C18H14F2N2O3S2. The average molecular weight is 408 g/mol. The Morgan fingerprint density at radius 1 is 1.11 bits per heavy atom. The third kappa shape index (κ3) is 6.58. The Morgan fingerprint density at radius 2 is 1.78 bits per heavy atom. The minimum Gasteiger partial charge on any atom is -0.452 e. The van der Waals surface area contributed by atoms with Crippen molar-refractivity contribution in [1.29, 1.82) is 5.26 Å². The number of nitrogens with zero attached hydrogens (tertiary/aromatic N) is 1. The molecule has 0 atom stereocenters. The highest BCUT2D eigenvalue weighted by Gasteiger charge is 2.17. The summed E-state index contributed by atoms with van der Waals surface area (Å²) in [7, 11) is 0. The van der Waals surface area contributed by atoms with Gasteiger partial charge in [0.05, 0.1) is 23.1 Å². The van der Waals surface area contributed by atoms with Gasteiger partial charge in [-0.25, -0.2) is 4.79 Å². The fourth-order valence-corrected chi connectivity index (χ4v) is 3.33. The molecule has 2 rings (SSSR count). The topological polar surface area (TPSA) is 79.2 Å². The van der Waals surface area contributed by atoms with E-state index in [0.717, 1.165) is 0 Å². The highest BCUT2D eigenvalue weighted by Crippen LogP contribution is 2.29. The fraction of sp³-hybridized carbons (Fsp3) is 0.167. The highest BCUT2D eigenvalue weighted by atomic mass is 32.2. The number of para-hydroxylation sites is 1. The highest BCUT2D eigenvalue weighted by molar-refractivity contribution is 7.99. The lowest BCUT2D eigenvalue weighted by molar-refractivity contribution is -0.119. The summed E-state index contributed by atoms with van der Waals surface area (Å²) in [5.41, 5.74) is 0.466. The zero-order valence-corrected chi connectivity index (χ0v) is 15.5. The van der Waals surface area contributed by atoms with E-state index < -0.39 is 24.2 Å². The lowest BCUT2D eigenvalue weighted by Gasteiger charge is -2.11. The predicted octanol–water partition coefficient (Wildman–Crippen LogP) is 4.41. The Kier molecular flexibility index (Phi) is 8.10. The fourth-order valence-electron chi connectivity index (χ4n) is 2.03. The van der Waals surface area contributed by atoms with E-state index in [4.69, 9.17) is 10.00 Å². The molecule has 1 amide bonds. The summed E-state index contributed by atoms with van der Waals surface area (Å²) in [6.45, 7) is -0.566. The van der Waals surface area contributed by atoms with Crippen LogP contribution < -0.4 is 5.32 Å². The molecular weight excluding hydrogens is 394 g/mol. The van der Waals surface area contributed by atoms with Gasteiger partial charge >= 0.3 is 5.97 Å². The van der Waals surface area contributed by atoms with E-state index in [9.17, 15) is 18.4 Å². The number of rotatable bonds is 8. The third-order valence-electron chi connectivity index (χ3n) is 3.11. The number of carbonyl (C=O) groups excluding carboxylic acids is 2. The van der Waals surface area contributed by atoms with Crippen molar-refractivity contribution in [2.75, 3.05) is 17.7 Å². The van der Waals surface area contributed by atoms with Crippen molar-refractivity contribution >= 4 is 41.1 Å². The van der Waals surface area contributed by atoms with Crippen LogP contribution >= 0.6 is 23.5 Å². The van der Waals surface area contributed by atoms with Gasteiger partial charge in [-0.3, -0.25) is 4.79 Å². The Morgan fingerprint density at radius 3 is 2.48 bits per heavy atom. The number of anilines is 1. The molecule has 0 bridgehead atoms. The molecule has 0 unspecified atom stereocenters. The molecule has 9 heteroatoms. The van der Waals surface area contributed by atoms with Crippen molar-refractivity contribution < 1.29 is 23.1 Å². The second-order valence-electron chi connectivity index (χ2n) is 4.94. The maximum Gasteiger partial charge on any atom is 0.339 e. The molecule has 0 fully saturated rings. The number of thioether (sulfide) groups is 2. The number of benzene rings is 2. The normalized spacial score (nSPS) is 10.3. The molecule has 0 aromatic heterocycles. The van der Waals surface area contributed by atoms with E-state index in [1.54, 1.807) is 24.3 Å². The molecule has 0 radical (unpaired) electrons. The minimum atomic E-state index is -2.68. The van der Waals surface area contributed by atoms with Crippen LogP contribution in [0.3, 0.4) is 0 Å². The number of nitrogens with one attached hydrogen (secondary N) is 1. The van der Waals surface area contributed by atoms with E-state index in [0.29, 0.717) is 10.6 Å². The molecule has 1 N–H and O–H groups in total. The number of carbonyl (C=O) groups is 2. The lowest BCUT2D eigenvalue weighted by atomic mass is 10.2. The maximum atomic E-state index is 12.6. The van der Waals surface area contributed by atoms with Gasteiger partial charge in [-0.2, -0.15) is 14.0 Å². The third-order valence-corrected chi connectivity index (χ3v) is 4.84. The van der Waals surface area contributed by atoms with Gasteiger partial charge in [-0.15, -0.1) is 11.8 Å². The van der Waals surface area contributed by atoms with Gasteiger partial charge in [0.2, 0.25) is 0 Å². The summed E-state index contributed by atoms with van der Waals surface area (Å²) >= 11 is 1.50. The van der Waals surface area contributed by atoms with Crippen LogP contribution in [-0.2, 0) is 9.53 Å². The van der Waals surface area contributed by atoms with Gasteiger partial charge in [-0.1, -0.05) is 36.0 Å². The largest absolute Gasteiger partial charge is 0.452 e. The average Bonchev–Trinajstić information content (AvgIpc) is 2.65. The maximum absolute atomic E-state index is 12.6. The first-order valence-electron chi connectivity index (χ1n) is 7.61. The van der Waals surface area contributed by atoms with Gasteiger partial charge in [0.1, 0.15) is 0 Å². The number of esters is 1. The number of ether oxygens (including phenoxy) is 1. The van der Waals surface area contributed by atoms with E-state index in [-0.39, 0.29) is 28.0 Å². The summed E-state index contributed by atoms with van der Waals surface area (Å²) in [5, 5.41) is 11.3. The van der Waals surface area contributed by atoms with Crippen LogP contribution in [-0.4, -0.2) is 30.0 Å². The van der Waals surface area contributed by atoms with Crippen LogP contribution in [0.15, 0.2) is 58.3 Å². The lowest BCUT2D eigenvalue weighted by Crippen LogP contribution is -2.21. The molecule has 0 spiro atoms.